The molecule has 1 amide bonds. The van der Waals surface area contributed by atoms with Gasteiger partial charge in [0.05, 0.1) is 19.6 Å². The van der Waals surface area contributed by atoms with Crippen molar-refractivity contribution >= 4 is 23.5 Å². The van der Waals surface area contributed by atoms with Crippen LogP contribution in [0, 0.1) is 5.82 Å². The Kier molecular flexibility index (Phi) is 8.53. The molecule has 3 aliphatic heterocycles. The summed E-state index contributed by atoms with van der Waals surface area (Å²) in [4.78, 5) is 37.5. The molecular weight excluding hydrogens is 599 g/mol. The van der Waals surface area contributed by atoms with E-state index in [1.807, 2.05) is 16.8 Å². The van der Waals surface area contributed by atoms with Gasteiger partial charge in [-0.2, -0.15) is 0 Å². The van der Waals surface area contributed by atoms with E-state index in [0.717, 1.165) is 67.4 Å². The van der Waals surface area contributed by atoms with Crippen LogP contribution in [0.1, 0.15) is 75.4 Å². The number of hydrogen-bond acceptors (Lipinski definition) is 7. The highest BCUT2D eigenvalue weighted by molar-refractivity contribution is 5.94. The molecule has 47 heavy (non-hydrogen) atoms. The van der Waals surface area contributed by atoms with Crippen molar-refractivity contribution in [2.24, 2.45) is 0 Å². The molecule has 0 spiro atoms. The fraction of sp³-hybridized carbons (Fsp3) is 0.389. The van der Waals surface area contributed by atoms with E-state index >= 15 is 0 Å². The molecule has 1 aromatic carbocycles. The maximum absolute atomic E-state index is 14.7. The number of methoxy groups -OCH3 is 1. The van der Waals surface area contributed by atoms with Crippen molar-refractivity contribution in [2.75, 3.05) is 37.4 Å². The number of amides is 1. The molecule has 0 bridgehead atoms. The van der Waals surface area contributed by atoms with E-state index in [1.54, 1.807) is 11.0 Å². The molecule has 0 aliphatic carbocycles. The van der Waals surface area contributed by atoms with Gasteiger partial charge in [-0.15, -0.1) is 0 Å². The Morgan fingerprint density at radius 3 is 2.19 bits per heavy atom. The fourth-order valence-corrected chi connectivity index (χ4v) is 7.12. The first kappa shape index (κ1) is 30.7. The van der Waals surface area contributed by atoms with Crippen LogP contribution in [0.5, 0.6) is 5.75 Å². The number of nitrogens with zero attached hydrogens (tertiary/aromatic N) is 4. The van der Waals surface area contributed by atoms with Crippen LogP contribution < -0.4 is 15.4 Å². The minimum absolute atomic E-state index is 0.0110. The molecule has 0 unspecified atom stereocenters. The SMILES string of the molecule is COc1ccc([C@H](CC(=O)O)N2CCn3cc(C(Cc4ccc5c(n4)NCCC5)Cc4ccc5c(n4)NCCC5)cc3C2=O)cc1F. The molecule has 7 rings (SSSR count). The van der Waals surface area contributed by atoms with E-state index in [1.165, 1.54) is 30.4 Å². The van der Waals surface area contributed by atoms with Gasteiger partial charge >= 0.3 is 5.97 Å². The van der Waals surface area contributed by atoms with Crippen molar-refractivity contribution in [1.82, 2.24) is 19.4 Å². The Bertz CT molecular complexity index is 1760. The third-order valence-corrected chi connectivity index (χ3v) is 9.57. The lowest BCUT2D eigenvalue weighted by molar-refractivity contribution is -0.138. The first-order valence-corrected chi connectivity index (χ1v) is 16.4. The third-order valence-electron chi connectivity index (χ3n) is 9.57. The van der Waals surface area contributed by atoms with Crippen LogP contribution in [-0.2, 0) is 37.0 Å². The van der Waals surface area contributed by atoms with Gasteiger partial charge in [0, 0.05) is 43.8 Å². The number of aryl methyl sites for hydroxylation is 2. The number of aromatic nitrogens is 3. The summed E-state index contributed by atoms with van der Waals surface area (Å²) in [6, 6.07) is 14.0. The monoisotopic (exact) mass is 638 g/mol. The van der Waals surface area contributed by atoms with E-state index in [2.05, 4.69) is 34.9 Å². The maximum Gasteiger partial charge on any atom is 0.305 e. The van der Waals surface area contributed by atoms with Crippen molar-refractivity contribution in [1.29, 1.82) is 0 Å². The zero-order valence-corrected chi connectivity index (χ0v) is 26.5. The standard InChI is InChI=1S/C36H39FN6O4/c1-47-32-11-8-24(18-29(32)37)30(20-33(44)45)43-15-14-42-21-26(19-31(42)36(43)46)25(16-27-9-6-22-4-2-12-38-34(22)40-27)17-28-10-7-23-5-3-13-39-35(23)41-28/h6-11,18-19,21,25,30H,2-5,12-17,20H2,1H3,(H,38,40)(H,39,41)(H,44,45)/t30-/m0/s1. The first-order valence-electron chi connectivity index (χ1n) is 16.4. The Morgan fingerprint density at radius 1 is 0.936 bits per heavy atom. The number of fused-ring (bicyclic) bond motifs is 3. The molecule has 0 radical (unpaired) electrons. The average molecular weight is 639 g/mol. The number of aliphatic carboxylic acids is 1. The topological polar surface area (TPSA) is 122 Å². The first-order chi connectivity index (χ1) is 22.9. The van der Waals surface area contributed by atoms with Gasteiger partial charge in [-0.3, -0.25) is 9.59 Å². The molecule has 10 nitrogen and oxygen atoms in total. The van der Waals surface area contributed by atoms with Crippen LogP contribution in [0.2, 0.25) is 0 Å². The minimum Gasteiger partial charge on any atom is -0.494 e. The second-order valence-corrected chi connectivity index (χ2v) is 12.6. The summed E-state index contributed by atoms with van der Waals surface area (Å²) < 4.78 is 21.7. The molecule has 4 aromatic rings. The summed E-state index contributed by atoms with van der Waals surface area (Å²) in [5.41, 5.74) is 6.31. The lowest BCUT2D eigenvalue weighted by atomic mass is 9.90. The predicted octanol–water partition coefficient (Wildman–Crippen LogP) is 5.38. The van der Waals surface area contributed by atoms with Crippen LogP contribution in [0.4, 0.5) is 16.0 Å². The molecule has 6 heterocycles. The molecule has 0 saturated heterocycles. The Morgan fingerprint density at radius 2 is 1.60 bits per heavy atom. The molecule has 0 saturated carbocycles. The molecule has 3 N–H and O–H groups in total. The second-order valence-electron chi connectivity index (χ2n) is 12.6. The number of carboxylic acid groups (broad SMARTS) is 1. The highest BCUT2D eigenvalue weighted by Gasteiger charge is 2.34. The average Bonchev–Trinajstić information content (AvgIpc) is 3.53. The summed E-state index contributed by atoms with van der Waals surface area (Å²) >= 11 is 0. The zero-order valence-electron chi connectivity index (χ0n) is 26.5. The van der Waals surface area contributed by atoms with Crippen molar-refractivity contribution in [3.63, 3.8) is 0 Å². The van der Waals surface area contributed by atoms with E-state index in [9.17, 15) is 19.1 Å². The smallest absolute Gasteiger partial charge is 0.305 e. The number of hydrogen-bond donors (Lipinski definition) is 3. The van der Waals surface area contributed by atoms with Gasteiger partial charge in [0.15, 0.2) is 11.6 Å². The number of rotatable bonds is 10. The van der Waals surface area contributed by atoms with Crippen molar-refractivity contribution in [2.45, 2.75) is 63.5 Å². The summed E-state index contributed by atoms with van der Waals surface area (Å²) in [6.45, 7) is 2.61. The van der Waals surface area contributed by atoms with Gasteiger partial charge in [-0.25, -0.2) is 14.4 Å². The molecule has 1 atom stereocenters. The molecular formula is C36H39FN6O4. The normalized spacial score (nSPS) is 16.1. The van der Waals surface area contributed by atoms with Crippen LogP contribution in [0.3, 0.4) is 0 Å². The van der Waals surface area contributed by atoms with Crippen molar-refractivity contribution in [3.8, 4) is 5.75 Å². The lowest BCUT2D eigenvalue weighted by Gasteiger charge is -2.35. The summed E-state index contributed by atoms with van der Waals surface area (Å²) in [5, 5.41) is 16.6. The summed E-state index contributed by atoms with van der Waals surface area (Å²) in [6.07, 6.45) is 7.24. The van der Waals surface area contributed by atoms with Crippen molar-refractivity contribution in [3.05, 3.63) is 99.9 Å². The number of pyridine rings is 2. The van der Waals surface area contributed by atoms with E-state index in [-0.39, 0.29) is 24.0 Å². The number of ether oxygens (including phenoxy) is 1. The number of carbonyl (C=O) groups is 2. The minimum atomic E-state index is -1.07. The van der Waals surface area contributed by atoms with E-state index in [0.29, 0.717) is 37.2 Å². The molecule has 3 aliphatic rings. The maximum atomic E-state index is 14.7. The van der Waals surface area contributed by atoms with Gasteiger partial charge in [-0.05, 0) is 97.0 Å². The van der Waals surface area contributed by atoms with Gasteiger partial charge in [-0.1, -0.05) is 18.2 Å². The van der Waals surface area contributed by atoms with Gasteiger partial charge < -0.3 is 29.9 Å². The number of carboxylic acids is 1. The van der Waals surface area contributed by atoms with Crippen LogP contribution in [-0.4, -0.2) is 63.2 Å². The number of nitrogens with one attached hydrogen (secondary N) is 2. The summed E-state index contributed by atoms with van der Waals surface area (Å²) in [7, 11) is 1.37. The number of benzene rings is 1. The van der Waals surface area contributed by atoms with Crippen LogP contribution in [0.15, 0.2) is 54.7 Å². The van der Waals surface area contributed by atoms with Gasteiger partial charge in [0.25, 0.3) is 5.91 Å². The van der Waals surface area contributed by atoms with E-state index < -0.39 is 17.8 Å². The van der Waals surface area contributed by atoms with Crippen molar-refractivity contribution < 1.29 is 23.8 Å². The number of carbonyl (C=O) groups excluding carboxylic acids is 1. The summed E-state index contributed by atoms with van der Waals surface area (Å²) in [5.74, 6) is -0.00459. The lowest BCUT2D eigenvalue weighted by Crippen LogP contribution is -2.43. The molecule has 3 aromatic heterocycles. The number of anilines is 2. The van der Waals surface area contributed by atoms with Crippen LogP contribution in [0.25, 0.3) is 0 Å². The Labute approximate surface area is 273 Å². The Balaban J connectivity index is 1.20. The highest BCUT2D eigenvalue weighted by atomic mass is 19.1. The highest BCUT2D eigenvalue weighted by Crippen LogP contribution is 2.34. The number of halogens is 1. The quantitative estimate of drug-likeness (QED) is 0.212. The molecule has 244 valence electrons. The van der Waals surface area contributed by atoms with E-state index in [4.69, 9.17) is 14.7 Å². The van der Waals surface area contributed by atoms with Gasteiger partial charge in [0.1, 0.15) is 17.3 Å². The van der Waals surface area contributed by atoms with Gasteiger partial charge in [0.2, 0.25) is 0 Å². The molecule has 0 fully saturated rings. The zero-order chi connectivity index (χ0) is 32.5. The fourth-order valence-electron chi connectivity index (χ4n) is 7.12. The Hall–Kier alpha value is -4.93. The molecule has 11 heteroatoms. The predicted molar refractivity (Wildman–Crippen MR) is 176 cm³/mol. The second kappa shape index (κ2) is 13.1. The largest absolute Gasteiger partial charge is 0.494 e. The third kappa shape index (κ3) is 6.39. The van der Waals surface area contributed by atoms with Crippen LogP contribution >= 0.6 is 0 Å².